The summed E-state index contributed by atoms with van der Waals surface area (Å²) in [7, 11) is 0. The molecule has 0 radical (unpaired) electrons. The number of urea groups is 1. The van der Waals surface area contributed by atoms with Crippen molar-refractivity contribution in [3.8, 4) is 0 Å². The fourth-order valence-electron chi connectivity index (χ4n) is 2.34. The van der Waals surface area contributed by atoms with E-state index in [4.69, 9.17) is 4.74 Å². The summed E-state index contributed by atoms with van der Waals surface area (Å²) in [5, 5.41) is 4.89. The van der Waals surface area contributed by atoms with Gasteiger partial charge in [-0.05, 0) is 37.6 Å². The molecule has 1 heterocycles. The Morgan fingerprint density at radius 3 is 2.54 bits per heavy atom. The van der Waals surface area contributed by atoms with Gasteiger partial charge in [0, 0.05) is 23.5 Å². The van der Waals surface area contributed by atoms with Crippen molar-refractivity contribution in [1.29, 1.82) is 0 Å². The fraction of sp³-hybridized carbons (Fsp3) is 0.412. The molecule has 1 fully saturated rings. The van der Waals surface area contributed by atoms with E-state index in [-0.39, 0.29) is 31.8 Å². The first-order valence-corrected chi connectivity index (χ1v) is 9.27. The highest BCUT2D eigenvalue weighted by molar-refractivity contribution is 7.99. The Labute approximate surface area is 164 Å². The number of rotatable bonds is 9. The number of ether oxygens (including phenoxy) is 1. The van der Waals surface area contributed by atoms with Crippen LogP contribution in [0.25, 0.3) is 0 Å². The number of nitrogens with zero attached hydrogens (tertiary/aromatic N) is 1. The third-order valence-corrected chi connectivity index (χ3v) is 4.45. The second-order valence-corrected chi connectivity index (χ2v) is 6.90. The quantitative estimate of drug-likeness (QED) is 0.364. The zero-order chi connectivity index (χ0) is 20.7. The number of benzene rings is 1. The van der Waals surface area contributed by atoms with Crippen molar-refractivity contribution in [2.75, 3.05) is 18.4 Å². The molecule has 0 bridgehead atoms. The predicted octanol–water partition coefficient (Wildman–Crippen LogP) is 2.20. The molecule has 0 saturated carbocycles. The van der Waals surface area contributed by atoms with Gasteiger partial charge in [0.25, 0.3) is 11.7 Å². The molecular formula is C17H19F2N3O5S. The number of carbonyl (C=O) groups excluding carboxylic acids is 4. The minimum absolute atomic E-state index is 0.0533. The SMILES string of the molecule is C[C@@H](OC(=O)CCCN1C(=O)CNC1=O)C(=O)Nc1ccc(SC(F)F)cc1. The van der Waals surface area contributed by atoms with Gasteiger partial charge < -0.3 is 15.4 Å². The summed E-state index contributed by atoms with van der Waals surface area (Å²) in [4.78, 5) is 48.0. The number of anilines is 1. The van der Waals surface area contributed by atoms with Crippen molar-refractivity contribution >= 4 is 41.3 Å². The first-order chi connectivity index (χ1) is 13.3. The van der Waals surface area contributed by atoms with Crippen LogP contribution in [0.5, 0.6) is 0 Å². The van der Waals surface area contributed by atoms with Gasteiger partial charge in [-0.1, -0.05) is 11.8 Å². The number of alkyl halides is 2. The maximum atomic E-state index is 12.3. The zero-order valence-electron chi connectivity index (χ0n) is 14.9. The highest BCUT2D eigenvalue weighted by Gasteiger charge is 2.28. The van der Waals surface area contributed by atoms with Crippen molar-refractivity contribution < 1.29 is 32.7 Å². The van der Waals surface area contributed by atoms with E-state index in [1.807, 2.05) is 0 Å². The minimum atomic E-state index is -2.53. The van der Waals surface area contributed by atoms with Crippen LogP contribution in [0.1, 0.15) is 19.8 Å². The first-order valence-electron chi connectivity index (χ1n) is 8.39. The molecule has 152 valence electrons. The molecule has 0 aromatic heterocycles. The summed E-state index contributed by atoms with van der Waals surface area (Å²) < 4.78 is 29.6. The summed E-state index contributed by atoms with van der Waals surface area (Å²) in [6.07, 6.45) is -0.913. The van der Waals surface area contributed by atoms with Crippen LogP contribution in [0.3, 0.4) is 0 Å². The van der Waals surface area contributed by atoms with E-state index in [0.717, 1.165) is 4.90 Å². The Morgan fingerprint density at radius 1 is 1.29 bits per heavy atom. The highest BCUT2D eigenvalue weighted by atomic mass is 32.2. The van der Waals surface area contributed by atoms with E-state index in [2.05, 4.69) is 10.6 Å². The molecule has 1 aliphatic heterocycles. The van der Waals surface area contributed by atoms with Gasteiger partial charge >= 0.3 is 12.0 Å². The average molecular weight is 415 g/mol. The van der Waals surface area contributed by atoms with Gasteiger partial charge in [-0.15, -0.1) is 0 Å². The van der Waals surface area contributed by atoms with E-state index in [1.165, 1.54) is 31.2 Å². The third kappa shape index (κ3) is 6.48. The molecule has 1 atom stereocenters. The van der Waals surface area contributed by atoms with Crippen LogP contribution < -0.4 is 10.6 Å². The molecule has 2 N–H and O–H groups in total. The van der Waals surface area contributed by atoms with E-state index in [9.17, 15) is 28.0 Å². The van der Waals surface area contributed by atoms with Gasteiger partial charge in [-0.25, -0.2) is 4.79 Å². The van der Waals surface area contributed by atoms with Crippen LogP contribution in [0.2, 0.25) is 0 Å². The van der Waals surface area contributed by atoms with Gasteiger partial charge in [-0.3, -0.25) is 19.3 Å². The summed E-state index contributed by atoms with van der Waals surface area (Å²) >= 11 is 0.393. The van der Waals surface area contributed by atoms with Crippen LogP contribution in [0.4, 0.5) is 19.3 Å². The van der Waals surface area contributed by atoms with Gasteiger partial charge in [0.15, 0.2) is 6.10 Å². The normalized spacial score (nSPS) is 14.8. The van der Waals surface area contributed by atoms with Gasteiger partial charge in [0.2, 0.25) is 5.91 Å². The Bertz CT molecular complexity index is 729. The van der Waals surface area contributed by atoms with Gasteiger partial charge in [0.1, 0.15) is 0 Å². The molecule has 0 unspecified atom stereocenters. The minimum Gasteiger partial charge on any atom is -0.453 e. The van der Waals surface area contributed by atoms with Crippen LogP contribution in [0.15, 0.2) is 29.2 Å². The maximum Gasteiger partial charge on any atom is 0.324 e. The number of hydrogen-bond acceptors (Lipinski definition) is 6. The van der Waals surface area contributed by atoms with Crippen molar-refractivity contribution in [2.24, 2.45) is 0 Å². The molecule has 8 nitrogen and oxygen atoms in total. The third-order valence-electron chi connectivity index (χ3n) is 3.72. The largest absolute Gasteiger partial charge is 0.453 e. The molecule has 1 aliphatic rings. The molecule has 0 spiro atoms. The van der Waals surface area contributed by atoms with Crippen LogP contribution in [0, 0.1) is 0 Å². The van der Waals surface area contributed by atoms with Crippen LogP contribution in [-0.4, -0.2) is 53.7 Å². The van der Waals surface area contributed by atoms with Crippen LogP contribution >= 0.6 is 11.8 Å². The number of thioether (sulfide) groups is 1. The van der Waals surface area contributed by atoms with Crippen LogP contribution in [-0.2, 0) is 19.1 Å². The Balaban J connectivity index is 1.73. The number of esters is 1. The number of hydrogen-bond donors (Lipinski definition) is 2. The molecule has 1 saturated heterocycles. The predicted molar refractivity (Wildman–Crippen MR) is 96.8 cm³/mol. The lowest BCUT2D eigenvalue weighted by atomic mass is 10.2. The van der Waals surface area contributed by atoms with Crippen molar-refractivity contribution in [1.82, 2.24) is 10.2 Å². The van der Waals surface area contributed by atoms with E-state index in [0.29, 0.717) is 22.3 Å². The summed E-state index contributed by atoms with van der Waals surface area (Å²) in [6, 6.07) is 5.33. The average Bonchev–Trinajstić information content (AvgIpc) is 2.94. The standard InChI is InChI=1S/C17H19F2N3O5S/c1-10(15(25)21-11-4-6-12(7-5-11)28-16(18)19)27-14(24)3-2-8-22-13(23)9-20-17(22)26/h4-7,10,16H,2-3,8-9H2,1H3,(H,20,26)(H,21,25)/t10-/m1/s1. The van der Waals surface area contributed by atoms with Crippen molar-refractivity contribution in [3.63, 3.8) is 0 Å². The number of halogens is 2. The Hall–Kier alpha value is -2.69. The van der Waals surface area contributed by atoms with Crippen molar-refractivity contribution in [2.45, 2.75) is 36.5 Å². The fourth-order valence-corrected chi connectivity index (χ4v) is 2.84. The lowest BCUT2D eigenvalue weighted by Gasteiger charge is -2.15. The summed E-state index contributed by atoms with van der Waals surface area (Å²) in [6.45, 7) is 1.43. The Morgan fingerprint density at radius 2 is 1.96 bits per heavy atom. The Kier molecular flexibility index (Phi) is 7.73. The number of imide groups is 1. The lowest BCUT2D eigenvalue weighted by Crippen LogP contribution is -2.33. The molecule has 28 heavy (non-hydrogen) atoms. The summed E-state index contributed by atoms with van der Waals surface area (Å²) in [5.41, 5.74) is 0.380. The van der Waals surface area contributed by atoms with Crippen molar-refractivity contribution in [3.05, 3.63) is 24.3 Å². The smallest absolute Gasteiger partial charge is 0.324 e. The van der Waals surface area contributed by atoms with E-state index in [1.54, 1.807) is 0 Å². The first kappa shape index (κ1) is 21.6. The zero-order valence-corrected chi connectivity index (χ0v) is 15.8. The second kappa shape index (κ2) is 10.0. The van der Waals surface area contributed by atoms with Gasteiger partial charge in [-0.2, -0.15) is 8.78 Å². The topological polar surface area (TPSA) is 105 Å². The summed E-state index contributed by atoms with van der Waals surface area (Å²) in [5.74, 6) is -4.10. The molecule has 11 heteroatoms. The molecular weight excluding hydrogens is 396 g/mol. The molecule has 1 aromatic rings. The van der Waals surface area contributed by atoms with Gasteiger partial charge in [0.05, 0.1) is 6.54 Å². The highest BCUT2D eigenvalue weighted by Crippen LogP contribution is 2.26. The second-order valence-electron chi connectivity index (χ2n) is 5.83. The molecule has 1 aromatic carbocycles. The van der Waals surface area contributed by atoms with E-state index < -0.39 is 29.8 Å². The maximum absolute atomic E-state index is 12.3. The monoisotopic (exact) mass is 415 g/mol. The molecule has 0 aliphatic carbocycles. The molecule has 4 amide bonds. The number of amides is 4. The van der Waals surface area contributed by atoms with E-state index >= 15 is 0 Å². The molecule has 2 rings (SSSR count). The number of nitrogens with one attached hydrogen (secondary N) is 2. The number of carbonyl (C=O) groups is 4. The lowest BCUT2D eigenvalue weighted by molar-refractivity contribution is -0.153.